The van der Waals surface area contributed by atoms with Crippen LogP contribution in [0.4, 0.5) is 0 Å². The minimum Gasteiger partial charge on any atom is -0.435 e. The van der Waals surface area contributed by atoms with Crippen molar-refractivity contribution in [2.24, 2.45) is 11.3 Å². The molecule has 104 valence electrons. The van der Waals surface area contributed by atoms with Gasteiger partial charge in [-0.3, -0.25) is 4.79 Å². The number of carbonyl (C=O) groups is 2. The van der Waals surface area contributed by atoms with Gasteiger partial charge in [-0.15, -0.1) is 0 Å². The summed E-state index contributed by atoms with van der Waals surface area (Å²) in [5.41, 5.74) is -0.156. The summed E-state index contributed by atoms with van der Waals surface area (Å²) in [6.45, 7) is 7.99. The van der Waals surface area contributed by atoms with E-state index in [9.17, 15) is 14.7 Å². The number of hydrogen-bond acceptors (Lipinski definition) is 5. The van der Waals surface area contributed by atoms with Crippen molar-refractivity contribution >= 4 is 12.8 Å². The standard InChI is InChI=1S/C13H22O5/c1-9-10(16)5-13(17-8-15,7-12(2,3)4)18-11(9)6-14/h6,8-11,16H,5,7H2,1-4H3/t9-,10?,11?,13-/m0/s1. The van der Waals surface area contributed by atoms with E-state index in [1.165, 1.54) is 0 Å². The molecule has 18 heavy (non-hydrogen) atoms. The first-order valence-corrected chi connectivity index (χ1v) is 6.16. The maximum Gasteiger partial charge on any atom is 0.295 e. The highest BCUT2D eigenvalue weighted by atomic mass is 16.7. The molecule has 1 N–H and O–H groups in total. The Morgan fingerprint density at radius 1 is 1.44 bits per heavy atom. The predicted octanol–water partition coefficient (Wildman–Crippen LogP) is 1.28. The molecule has 1 heterocycles. The van der Waals surface area contributed by atoms with Gasteiger partial charge in [0.05, 0.1) is 6.10 Å². The smallest absolute Gasteiger partial charge is 0.295 e. The highest BCUT2D eigenvalue weighted by molar-refractivity contribution is 5.57. The van der Waals surface area contributed by atoms with Gasteiger partial charge in [-0.2, -0.15) is 0 Å². The van der Waals surface area contributed by atoms with Crippen LogP contribution in [0, 0.1) is 11.3 Å². The number of hydrogen-bond donors (Lipinski definition) is 1. The van der Waals surface area contributed by atoms with Crippen LogP contribution in [0.25, 0.3) is 0 Å². The minimum absolute atomic E-state index is 0.156. The molecule has 5 nitrogen and oxygen atoms in total. The molecule has 0 amide bonds. The second-order valence-electron chi connectivity index (χ2n) is 6.21. The third-order valence-electron chi connectivity index (χ3n) is 3.19. The number of aliphatic hydroxyl groups is 1. The molecule has 0 aromatic rings. The van der Waals surface area contributed by atoms with Crippen LogP contribution in [0.15, 0.2) is 0 Å². The second kappa shape index (κ2) is 5.36. The quantitative estimate of drug-likeness (QED) is 0.769. The zero-order chi connectivity index (χ0) is 14.0. The molecule has 0 aliphatic carbocycles. The molecule has 1 rings (SSSR count). The molecule has 0 radical (unpaired) electrons. The van der Waals surface area contributed by atoms with E-state index in [1.54, 1.807) is 6.92 Å². The fraction of sp³-hybridized carbons (Fsp3) is 0.846. The first kappa shape index (κ1) is 15.1. The SMILES string of the molecule is C[C@H]1C(O)C[C@](CC(C)(C)C)(OC=O)OC1C=O. The van der Waals surface area contributed by atoms with Gasteiger partial charge in [0.1, 0.15) is 12.4 Å². The number of rotatable bonds is 4. The number of aliphatic hydroxyl groups excluding tert-OH is 1. The van der Waals surface area contributed by atoms with Crippen molar-refractivity contribution < 1.29 is 24.2 Å². The van der Waals surface area contributed by atoms with Crippen molar-refractivity contribution in [3.8, 4) is 0 Å². The lowest BCUT2D eigenvalue weighted by Gasteiger charge is -2.45. The van der Waals surface area contributed by atoms with Gasteiger partial charge >= 0.3 is 0 Å². The molecule has 2 unspecified atom stereocenters. The van der Waals surface area contributed by atoms with E-state index in [2.05, 4.69) is 0 Å². The van der Waals surface area contributed by atoms with E-state index in [1.807, 2.05) is 20.8 Å². The zero-order valence-corrected chi connectivity index (χ0v) is 11.4. The van der Waals surface area contributed by atoms with Gasteiger partial charge in [-0.1, -0.05) is 27.7 Å². The largest absolute Gasteiger partial charge is 0.435 e. The van der Waals surface area contributed by atoms with Crippen molar-refractivity contribution in [2.75, 3.05) is 0 Å². The van der Waals surface area contributed by atoms with Crippen LogP contribution >= 0.6 is 0 Å². The van der Waals surface area contributed by atoms with E-state index >= 15 is 0 Å². The Labute approximate surface area is 107 Å². The van der Waals surface area contributed by atoms with Gasteiger partial charge < -0.3 is 19.4 Å². The van der Waals surface area contributed by atoms with Crippen LogP contribution in [0.5, 0.6) is 0 Å². The molecule has 0 saturated carbocycles. The third-order valence-corrected chi connectivity index (χ3v) is 3.19. The summed E-state index contributed by atoms with van der Waals surface area (Å²) in [7, 11) is 0. The topological polar surface area (TPSA) is 72.8 Å². The maximum absolute atomic E-state index is 11.0. The van der Waals surface area contributed by atoms with E-state index in [0.29, 0.717) is 19.2 Å². The Morgan fingerprint density at radius 3 is 2.50 bits per heavy atom. The highest BCUT2D eigenvalue weighted by Gasteiger charge is 2.48. The zero-order valence-electron chi connectivity index (χ0n) is 11.4. The normalized spacial score (nSPS) is 37.1. The average Bonchev–Trinajstić information content (AvgIpc) is 2.21. The van der Waals surface area contributed by atoms with E-state index < -0.39 is 18.0 Å². The average molecular weight is 258 g/mol. The molecule has 1 fully saturated rings. The Morgan fingerprint density at radius 2 is 2.06 bits per heavy atom. The van der Waals surface area contributed by atoms with Gasteiger partial charge in [-0.25, -0.2) is 0 Å². The van der Waals surface area contributed by atoms with Gasteiger partial charge in [0, 0.05) is 18.8 Å². The summed E-state index contributed by atoms with van der Waals surface area (Å²) in [4.78, 5) is 21.7. The van der Waals surface area contributed by atoms with Crippen molar-refractivity contribution in [3.05, 3.63) is 0 Å². The molecular weight excluding hydrogens is 236 g/mol. The fourth-order valence-corrected chi connectivity index (χ4v) is 2.41. The number of aldehydes is 1. The molecule has 4 atom stereocenters. The molecule has 0 aromatic carbocycles. The van der Waals surface area contributed by atoms with E-state index in [0.717, 1.165) is 0 Å². The Kier molecular flexibility index (Phi) is 4.50. The van der Waals surface area contributed by atoms with Crippen LogP contribution in [-0.4, -0.2) is 35.9 Å². The Bertz CT molecular complexity index is 309. The monoisotopic (exact) mass is 258 g/mol. The van der Waals surface area contributed by atoms with Gasteiger partial charge in [0.15, 0.2) is 0 Å². The van der Waals surface area contributed by atoms with Gasteiger partial charge in [-0.05, 0) is 5.41 Å². The van der Waals surface area contributed by atoms with Crippen molar-refractivity contribution in [1.82, 2.24) is 0 Å². The lowest BCUT2D eigenvalue weighted by molar-refractivity contribution is -0.291. The van der Waals surface area contributed by atoms with Crippen LogP contribution < -0.4 is 0 Å². The summed E-state index contributed by atoms with van der Waals surface area (Å²) in [5, 5.41) is 10.0. The molecule has 5 heteroatoms. The Balaban J connectivity index is 2.96. The maximum atomic E-state index is 11.0. The number of carbonyl (C=O) groups excluding carboxylic acids is 2. The molecule has 0 bridgehead atoms. The van der Waals surface area contributed by atoms with Crippen LogP contribution in [0.2, 0.25) is 0 Å². The van der Waals surface area contributed by atoms with Crippen LogP contribution in [0.3, 0.4) is 0 Å². The van der Waals surface area contributed by atoms with E-state index in [-0.39, 0.29) is 17.8 Å². The highest BCUT2D eigenvalue weighted by Crippen LogP contribution is 2.40. The summed E-state index contributed by atoms with van der Waals surface area (Å²) in [6, 6.07) is 0. The molecule has 0 spiro atoms. The fourth-order valence-electron chi connectivity index (χ4n) is 2.41. The van der Waals surface area contributed by atoms with Gasteiger partial charge in [0.2, 0.25) is 5.79 Å². The molecule has 1 aliphatic heterocycles. The summed E-state index contributed by atoms with van der Waals surface area (Å²) < 4.78 is 10.7. The van der Waals surface area contributed by atoms with Crippen molar-refractivity contribution in [3.63, 3.8) is 0 Å². The van der Waals surface area contributed by atoms with Gasteiger partial charge in [0.25, 0.3) is 6.47 Å². The van der Waals surface area contributed by atoms with Crippen LogP contribution in [0.1, 0.15) is 40.5 Å². The first-order chi connectivity index (χ1) is 8.23. The third kappa shape index (κ3) is 3.53. The predicted molar refractivity (Wildman–Crippen MR) is 64.7 cm³/mol. The van der Waals surface area contributed by atoms with Crippen LogP contribution in [-0.2, 0) is 19.1 Å². The lowest BCUT2D eigenvalue weighted by atomic mass is 9.80. The summed E-state index contributed by atoms with van der Waals surface area (Å²) in [5.74, 6) is -1.51. The van der Waals surface area contributed by atoms with Crippen molar-refractivity contribution in [1.29, 1.82) is 0 Å². The van der Waals surface area contributed by atoms with Crippen molar-refractivity contribution in [2.45, 2.75) is 58.5 Å². The van der Waals surface area contributed by atoms with E-state index in [4.69, 9.17) is 9.47 Å². The number of ether oxygens (including phenoxy) is 2. The summed E-state index contributed by atoms with van der Waals surface area (Å²) >= 11 is 0. The Hall–Kier alpha value is -0.940. The first-order valence-electron chi connectivity index (χ1n) is 6.16. The molecule has 1 aliphatic rings. The molecule has 0 aromatic heterocycles. The summed E-state index contributed by atoms with van der Waals surface area (Å²) in [6.07, 6.45) is -0.215. The lowest BCUT2D eigenvalue weighted by Crippen LogP contribution is -2.54. The second-order valence-corrected chi connectivity index (χ2v) is 6.21. The molecular formula is C13H22O5. The molecule has 1 saturated heterocycles. The minimum atomic E-state index is -1.21.